The van der Waals surface area contributed by atoms with Crippen LogP contribution in [0.4, 0.5) is 0 Å². The summed E-state index contributed by atoms with van der Waals surface area (Å²) in [4.78, 5) is 69.3. The van der Waals surface area contributed by atoms with Crippen molar-refractivity contribution in [2.75, 3.05) is 19.8 Å². The summed E-state index contributed by atoms with van der Waals surface area (Å²) in [5.41, 5.74) is 0. The number of carbonyl (C=O) groups is 5. The lowest BCUT2D eigenvalue weighted by molar-refractivity contribution is -0.384. The summed E-state index contributed by atoms with van der Waals surface area (Å²) in [5.74, 6) is -5.32. The molecule has 0 bridgehead atoms. The molecule has 2 saturated heterocycles. The van der Waals surface area contributed by atoms with E-state index in [0.717, 1.165) is 116 Å². The molecule has 0 aromatic rings. The van der Waals surface area contributed by atoms with Crippen molar-refractivity contribution in [2.45, 2.75) is 603 Å². The van der Waals surface area contributed by atoms with E-state index >= 15 is 0 Å². The number of ether oxygens (including phenoxy) is 8. The van der Waals surface area contributed by atoms with Crippen LogP contribution < -0.4 is 0 Å². The smallest absolute Gasteiger partial charge is 0.306 e. The lowest BCUT2D eigenvalue weighted by Gasteiger charge is -2.44. The molecule has 0 aromatic carbocycles. The van der Waals surface area contributed by atoms with Crippen molar-refractivity contribution in [3.63, 3.8) is 0 Å². The molecule has 0 amide bonds. The second-order valence-corrected chi connectivity index (χ2v) is 36.5. The lowest BCUT2D eigenvalue weighted by atomic mass is 9.98. The predicted octanol–water partition coefficient (Wildman–Crippen LogP) is 28.7. The summed E-state index contributed by atoms with van der Waals surface area (Å²) < 4.78 is 49.8. The summed E-state index contributed by atoms with van der Waals surface area (Å²) in [6.45, 7) is 9.54. The zero-order valence-electron chi connectivity index (χ0n) is 78.0. The highest BCUT2D eigenvalue weighted by Gasteiger charge is 2.62. The predicted molar refractivity (Wildman–Crippen MR) is 486 cm³/mol. The number of rotatable bonds is 90. The van der Waals surface area contributed by atoms with Gasteiger partial charge in [0.15, 0.2) is 24.6 Å². The quantitative estimate of drug-likeness (QED) is 0.0293. The number of aliphatic hydroxyl groups excluding tert-OH is 3. The maximum absolute atomic E-state index is 14.1. The standard InChI is InChI=1S/C102H192O16/c1-6-11-16-21-26-31-36-41-46-51-56-61-66-71-76-81-91(103)111-86-89-96(108)99(116-95(107)85-80-75-70-65-60-55-50-45-40-35-30-25-20-15-10-5)97(109)101(114-89)118-102(88-113-93(105)83-78-73-68-63-58-53-48-43-38-33-28-23-18-13-8-3)100(110)98(115-94(106)84-79-74-69-64-59-54-49-44-39-34-29-24-19-14-9-4)90(117-102)87-112-92(104)82-77-72-67-62-57-52-47-42-37-32-27-22-17-12-7-2/h89-90,96-101,108-110H,6-88H2,1-5H3/t89-,90-,96-,97-,98-,99+,100+,101-,102+/m1/s1. The Hall–Kier alpha value is -2.89. The van der Waals surface area contributed by atoms with Crippen LogP contribution in [0, 0.1) is 0 Å². The first-order valence-electron chi connectivity index (χ1n) is 51.8. The van der Waals surface area contributed by atoms with Crippen molar-refractivity contribution in [3.8, 4) is 0 Å². The lowest BCUT2D eigenvalue weighted by Crippen LogP contribution is -2.64. The monoisotopic (exact) mass is 1670 g/mol. The van der Waals surface area contributed by atoms with E-state index in [0.29, 0.717) is 32.1 Å². The molecular formula is C102H192O16. The minimum Gasteiger partial charge on any atom is -0.463 e. The van der Waals surface area contributed by atoms with E-state index in [1.54, 1.807) is 0 Å². The van der Waals surface area contributed by atoms with E-state index in [4.69, 9.17) is 37.9 Å². The summed E-state index contributed by atoms with van der Waals surface area (Å²) in [7, 11) is 0. The third-order valence-electron chi connectivity index (χ3n) is 25.1. The Morgan fingerprint density at radius 2 is 0.449 bits per heavy atom. The normalized spacial score (nSPS) is 19.3. The summed E-state index contributed by atoms with van der Waals surface area (Å²) >= 11 is 0. The van der Waals surface area contributed by atoms with Gasteiger partial charge in [0, 0.05) is 32.1 Å². The minimum absolute atomic E-state index is 0.0207. The van der Waals surface area contributed by atoms with Crippen LogP contribution in [0.3, 0.4) is 0 Å². The van der Waals surface area contributed by atoms with Gasteiger partial charge in [-0.05, 0) is 32.1 Å². The zero-order valence-corrected chi connectivity index (χ0v) is 78.0. The molecule has 118 heavy (non-hydrogen) atoms. The molecule has 0 unspecified atom stereocenters. The third kappa shape index (κ3) is 63.1. The van der Waals surface area contributed by atoms with E-state index in [1.165, 1.54) is 334 Å². The van der Waals surface area contributed by atoms with Gasteiger partial charge in [-0.3, -0.25) is 24.0 Å². The minimum atomic E-state index is -2.46. The zero-order chi connectivity index (χ0) is 85.4. The third-order valence-corrected chi connectivity index (χ3v) is 25.1. The average Bonchev–Trinajstić information content (AvgIpc) is 1.59. The first-order chi connectivity index (χ1) is 57.9. The van der Waals surface area contributed by atoms with E-state index in [9.17, 15) is 39.3 Å². The van der Waals surface area contributed by atoms with E-state index in [2.05, 4.69) is 34.6 Å². The molecule has 3 N–H and O–H groups in total. The number of aliphatic hydroxyl groups is 3. The Morgan fingerprint density at radius 3 is 0.695 bits per heavy atom. The molecule has 696 valence electrons. The Labute approximate surface area is 726 Å². The second kappa shape index (κ2) is 82.4. The van der Waals surface area contributed by atoms with Crippen LogP contribution in [0.2, 0.25) is 0 Å². The molecule has 2 heterocycles. The van der Waals surface area contributed by atoms with Gasteiger partial charge in [-0.15, -0.1) is 0 Å². The van der Waals surface area contributed by atoms with Gasteiger partial charge >= 0.3 is 29.8 Å². The van der Waals surface area contributed by atoms with Gasteiger partial charge in [0.1, 0.15) is 44.2 Å². The maximum Gasteiger partial charge on any atom is 0.306 e. The number of unbranched alkanes of at least 4 members (excludes halogenated alkanes) is 70. The Morgan fingerprint density at radius 1 is 0.246 bits per heavy atom. The van der Waals surface area contributed by atoms with Gasteiger partial charge in [-0.1, -0.05) is 484 Å². The van der Waals surface area contributed by atoms with Crippen LogP contribution in [-0.4, -0.2) is 120 Å². The highest BCUT2D eigenvalue weighted by atomic mass is 16.8. The highest BCUT2D eigenvalue weighted by Crippen LogP contribution is 2.40. The largest absolute Gasteiger partial charge is 0.463 e. The molecule has 0 spiro atoms. The molecule has 0 radical (unpaired) electrons. The fraction of sp³-hybridized carbons (Fsp3) is 0.951. The topological polar surface area (TPSA) is 220 Å². The van der Waals surface area contributed by atoms with Gasteiger partial charge in [0.25, 0.3) is 0 Å². The van der Waals surface area contributed by atoms with Gasteiger partial charge in [-0.2, -0.15) is 0 Å². The second-order valence-electron chi connectivity index (χ2n) is 36.5. The first kappa shape index (κ1) is 111. The highest BCUT2D eigenvalue weighted by molar-refractivity contribution is 5.71. The molecule has 2 fully saturated rings. The number of esters is 5. The Bertz CT molecular complexity index is 2230. The molecule has 0 aliphatic carbocycles. The van der Waals surface area contributed by atoms with Gasteiger partial charge in [-0.25, -0.2) is 0 Å². The fourth-order valence-electron chi connectivity index (χ4n) is 17.2. The molecule has 0 aromatic heterocycles. The summed E-state index contributed by atoms with van der Waals surface area (Å²) in [6.07, 6.45) is 75.0. The SMILES string of the molecule is CCCCCCCCCCCCCCCCCC(=O)OC[C@H]1O[C@H](O[C@]2(COC(=O)CCCCCCCCCCCCCCCCC)O[C@H](COC(=O)CCCCCCCCCCCCCCCCC)[C@@H](OC(=O)CCCCCCCCCCCCCCCCC)[C@@H]2O)[C@H](O)[C@@H](OC(=O)CCCCCCCCCCCCCCCCC)[C@@H]1O. The summed E-state index contributed by atoms with van der Waals surface area (Å²) in [6, 6.07) is 0. The van der Waals surface area contributed by atoms with Crippen molar-refractivity contribution in [1.82, 2.24) is 0 Å². The molecular weight excluding hydrogens is 1480 g/mol. The molecule has 0 saturated carbocycles. The van der Waals surface area contributed by atoms with E-state index in [1.807, 2.05) is 0 Å². The molecule has 2 rings (SSSR count). The van der Waals surface area contributed by atoms with Crippen molar-refractivity contribution in [2.24, 2.45) is 0 Å². The van der Waals surface area contributed by atoms with Crippen molar-refractivity contribution in [3.05, 3.63) is 0 Å². The van der Waals surface area contributed by atoms with Crippen molar-refractivity contribution >= 4 is 29.8 Å². The average molecular weight is 1670 g/mol. The Balaban J connectivity index is 2.38. The Kier molecular flexibility index (Phi) is 77.6. The number of hydrogen-bond acceptors (Lipinski definition) is 16. The van der Waals surface area contributed by atoms with E-state index in [-0.39, 0.29) is 32.1 Å². The van der Waals surface area contributed by atoms with Crippen molar-refractivity contribution < 1.29 is 77.2 Å². The van der Waals surface area contributed by atoms with Crippen LogP contribution in [-0.2, 0) is 61.9 Å². The molecule has 2 aliphatic rings. The van der Waals surface area contributed by atoms with Gasteiger partial charge in [0.2, 0.25) is 5.79 Å². The van der Waals surface area contributed by atoms with Crippen LogP contribution in [0.25, 0.3) is 0 Å². The van der Waals surface area contributed by atoms with Crippen LogP contribution >= 0.6 is 0 Å². The molecule has 9 atom stereocenters. The van der Waals surface area contributed by atoms with Crippen LogP contribution in [0.5, 0.6) is 0 Å². The van der Waals surface area contributed by atoms with Crippen LogP contribution in [0.1, 0.15) is 548 Å². The molecule has 2 aliphatic heterocycles. The van der Waals surface area contributed by atoms with E-state index < -0.39 is 104 Å². The molecule has 16 nitrogen and oxygen atoms in total. The van der Waals surface area contributed by atoms with Crippen molar-refractivity contribution in [1.29, 1.82) is 0 Å². The van der Waals surface area contributed by atoms with Gasteiger partial charge in [0.05, 0.1) is 0 Å². The number of carbonyl (C=O) groups excluding carboxylic acids is 5. The number of hydrogen-bond donors (Lipinski definition) is 3. The fourth-order valence-corrected chi connectivity index (χ4v) is 17.2. The molecule has 16 heteroatoms. The van der Waals surface area contributed by atoms with Gasteiger partial charge < -0.3 is 53.2 Å². The van der Waals surface area contributed by atoms with Crippen LogP contribution in [0.15, 0.2) is 0 Å². The summed E-state index contributed by atoms with van der Waals surface area (Å²) in [5, 5.41) is 37.4. The first-order valence-corrected chi connectivity index (χ1v) is 51.8. The maximum atomic E-state index is 14.1.